The van der Waals surface area contributed by atoms with Crippen molar-refractivity contribution >= 4 is 11.1 Å². The van der Waals surface area contributed by atoms with E-state index in [1.807, 2.05) is 24.3 Å². The Kier molecular flexibility index (Phi) is 2.73. The molecule has 0 amide bonds. The summed E-state index contributed by atoms with van der Waals surface area (Å²) in [5.41, 5.74) is 1.58. The fourth-order valence-electron chi connectivity index (χ4n) is 2.47. The monoisotopic (exact) mass is 232 g/mol. The van der Waals surface area contributed by atoms with E-state index in [0.717, 1.165) is 31.7 Å². The molecule has 0 N–H and O–H groups in total. The molecule has 17 heavy (non-hydrogen) atoms. The third kappa shape index (κ3) is 2.00. The molecule has 0 unspecified atom stereocenters. The number of oxazole rings is 1. The van der Waals surface area contributed by atoms with E-state index in [1.54, 1.807) is 4.57 Å². The fraction of sp³-hybridized carbons (Fsp3) is 0.462. The van der Waals surface area contributed by atoms with Crippen LogP contribution in [-0.2, 0) is 6.54 Å². The highest BCUT2D eigenvalue weighted by Crippen LogP contribution is 2.12. The topological polar surface area (TPSA) is 38.4 Å². The summed E-state index contributed by atoms with van der Waals surface area (Å²) in [5, 5.41) is 0. The van der Waals surface area contributed by atoms with E-state index in [2.05, 4.69) is 4.90 Å². The smallest absolute Gasteiger partial charge is 0.408 e. The summed E-state index contributed by atoms with van der Waals surface area (Å²) in [6.45, 7) is 3.97. The molecule has 0 spiro atoms. The van der Waals surface area contributed by atoms with E-state index in [9.17, 15) is 4.79 Å². The van der Waals surface area contributed by atoms with Crippen molar-refractivity contribution in [3.8, 4) is 0 Å². The minimum Gasteiger partial charge on any atom is -0.408 e. The normalized spacial score (nSPS) is 16.9. The van der Waals surface area contributed by atoms with Gasteiger partial charge >= 0.3 is 5.76 Å². The Morgan fingerprint density at radius 3 is 2.71 bits per heavy atom. The Balaban J connectivity index is 1.84. The molecule has 0 saturated carbocycles. The summed E-state index contributed by atoms with van der Waals surface area (Å²) in [7, 11) is 0. The van der Waals surface area contributed by atoms with Gasteiger partial charge in [0.25, 0.3) is 0 Å². The average Bonchev–Trinajstić information content (AvgIpc) is 2.93. The van der Waals surface area contributed by atoms with Gasteiger partial charge in [0.15, 0.2) is 5.58 Å². The zero-order valence-corrected chi connectivity index (χ0v) is 9.76. The molecule has 1 aromatic carbocycles. The van der Waals surface area contributed by atoms with Gasteiger partial charge < -0.3 is 9.32 Å². The van der Waals surface area contributed by atoms with Crippen LogP contribution in [0.2, 0.25) is 0 Å². The molecule has 1 aromatic heterocycles. The van der Waals surface area contributed by atoms with Crippen LogP contribution in [0.15, 0.2) is 33.5 Å². The Hall–Kier alpha value is -1.55. The lowest BCUT2D eigenvalue weighted by molar-refractivity contribution is 0.318. The quantitative estimate of drug-likeness (QED) is 0.808. The number of hydrogen-bond acceptors (Lipinski definition) is 3. The van der Waals surface area contributed by atoms with Crippen LogP contribution in [0.3, 0.4) is 0 Å². The zero-order chi connectivity index (χ0) is 11.7. The summed E-state index contributed by atoms with van der Waals surface area (Å²) in [4.78, 5) is 14.1. The van der Waals surface area contributed by atoms with Crippen LogP contribution in [0, 0.1) is 0 Å². The number of aromatic nitrogens is 1. The minimum absolute atomic E-state index is 0.245. The number of benzene rings is 1. The summed E-state index contributed by atoms with van der Waals surface area (Å²) < 4.78 is 6.93. The number of hydrogen-bond donors (Lipinski definition) is 0. The first-order valence-electron chi connectivity index (χ1n) is 6.15. The highest BCUT2D eigenvalue weighted by molar-refractivity contribution is 5.72. The van der Waals surface area contributed by atoms with Gasteiger partial charge in [-0.05, 0) is 38.1 Å². The Labute approximate surface area is 99.4 Å². The van der Waals surface area contributed by atoms with Gasteiger partial charge in [0, 0.05) is 13.1 Å². The highest BCUT2D eigenvalue weighted by Gasteiger charge is 2.13. The summed E-state index contributed by atoms with van der Waals surface area (Å²) >= 11 is 0. The van der Waals surface area contributed by atoms with Crippen LogP contribution in [0.5, 0.6) is 0 Å². The van der Waals surface area contributed by atoms with Gasteiger partial charge in [-0.1, -0.05) is 12.1 Å². The molecule has 1 saturated heterocycles. The molecule has 4 heteroatoms. The number of fused-ring (bicyclic) bond motifs is 1. The largest absolute Gasteiger partial charge is 0.419 e. The predicted molar refractivity (Wildman–Crippen MR) is 66.1 cm³/mol. The van der Waals surface area contributed by atoms with E-state index in [4.69, 9.17) is 4.42 Å². The van der Waals surface area contributed by atoms with Gasteiger partial charge in [-0.15, -0.1) is 0 Å². The van der Waals surface area contributed by atoms with Crippen LogP contribution >= 0.6 is 0 Å². The molecule has 2 heterocycles. The lowest BCUT2D eigenvalue weighted by Crippen LogP contribution is -2.27. The first-order valence-corrected chi connectivity index (χ1v) is 6.15. The molecule has 0 aliphatic carbocycles. The van der Waals surface area contributed by atoms with Crippen molar-refractivity contribution in [1.82, 2.24) is 9.47 Å². The fourth-order valence-corrected chi connectivity index (χ4v) is 2.47. The lowest BCUT2D eigenvalue weighted by Gasteiger charge is -2.14. The van der Waals surface area contributed by atoms with Crippen molar-refractivity contribution in [1.29, 1.82) is 0 Å². The maximum Gasteiger partial charge on any atom is 0.419 e. The molecular formula is C13H16N2O2. The molecule has 1 aliphatic heterocycles. The van der Waals surface area contributed by atoms with E-state index in [0.29, 0.717) is 5.58 Å². The van der Waals surface area contributed by atoms with Crippen LogP contribution in [0.25, 0.3) is 11.1 Å². The number of likely N-dealkylation sites (tertiary alicyclic amines) is 1. The molecular weight excluding hydrogens is 216 g/mol. The van der Waals surface area contributed by atoms with E-state index < -0.39 is 0 Å². The van der Waals surface area contributed by atoms with Crippen molar-refractivity contribution in [2.24, 2.45) is 0 Å². The maximum absolute atomic E-state index is 11.7. The number of rotatable bonds is 3. The average molecular weight is 232 g/mol. The van der Waals surface area contributed by atoms with Crippen LogP contribution in [-0.4, -0.2) is 29.1 Å². The molecule has 0 radical (unpaired) electrons. The summed E-state index contributed by atoms with van der Waals surface area (Å²) in [6, 6.07) is 7.59. The molecule has 1 aliphatic rings. The third-order valence-corrected chi connectivity index (χ3v) is 3.41. The SMILES string of the molecule is O=c1oc2ccccc2n1CCN1CCCC1. The van der Waals surface area contributed by atoms with Crippen molar-refractivity contribution in [2.45, 2.75) is 19.4 Å². The minimum atomic E-state index is -0.245. The number of para-hydroxylation sites is 2. The van der Waals surface area contributed by atoms with Crippen molar-refractivity contribution < 1.29 is 4.42 Å². The second kappa shape index (κ2) is 4.37. The van der Waals surface area contributed by atoms with E-state index in [-0.39, 0.29) is 5.76 Å². The summed E-state index contributed by atoms with van der Waals surface area (Å²) in [6.07, 6.45) is 2.56. The maximum atomic E-state index is 11.7. The van der Waals surface area contributed by atoms with Crippen LogP contribution in [0.4, 0.5) is 0 Å². The molecule has 3 rings (SSSR count). The second-order valence-electron chi connectivity index (χ2n) is 4.54. The Bertz CT molecular complexity index is 564. The number of nitrogens with zero attached hydrogens (tertiary/aromatic N) is 2. The van der Waals surface area contributed by atoms with Crippen molar-refractivity contribution in [2.75, 3.05) is 19.6 Å². The van der Waals surface area contributed by atoms with Gasteiger partial charge in [0.1, 0.15) is 0 Å². The predicted octanol–water partition coefficient (Wildman–Crippen LogP) is 1.69. The van der Waals surface area contributed by atoms with Crippen molar-refractivity contribution in [3.63, 3.8) is 0 Å². The molecule has 0 bridgehead atoms. The molecule has 2 aromatic rings. The standard InChI is InChI=1S/C13H16N2O2/c16-13-15(10-9-14-7-3-4-8-14)11-5-1-2-6-12(11)17-13/h1-2,5-6H,3-4,7-10H2. The van der Waals surface area contributed by atoms with Gasteiger partial charge in [-0.3, -0.25) is 4.57 Å². The highest BCUT2D eigenvalue weighted by atomic mass is 16.4. The van der Waals surface area contributed by atoms with Crippen LogP contribution in [0.1, 0.15) is 12.8 Å². The second-order valence-corrected chi connectivity index (χ2v) is 4.54. The first-order chi connectivity index (χ1) is 8.34. The Morgan fingerprint density at radius 2 is 1.88 bits per heavy atom. The van der Waals surface area contributed by atoms with Gasteiger partial charge in [-0.2, -0.15) is 0 Å². The van der Waals surface area contributed by atoms with Gasteiger partial charge in [-0.25, -0.2) is 4.79 Å². The lowest BCUT2D eigenvalue weighted by atomic mass is 10.3. The summed E-state index contributed by atoms with van der Waals surface area (Å²) in [5.74, 6) is -0.245. The van der Waals surface area contributed by atoms with Gasteiger partial charge in [0.2, 0.25) is 0 Å². The zero-order valence-electron chi connectivity index (χ0n) is 9.76. The van der Waals surface area contributed by atoms with E-state index >= 15 is 0 Å². The molecule has 4 nitrogen and oxygen atoms in total. The molecule has 1 fully saturated rings. The molecule has 90 valence electrons. The Morgan fingerprint density at radius 1 is 1.12 bits per heavy atom. The molecule has 0 atom stereocenters. The van der Waals surface area contributed by atoms with Crippen LogP contribution < -0.4 is 5.76 Å². The van der Waals surface area contributed by atoms with Crippen molar-refractivity contribution in [3.05, 3.63) is 34.8 Å². The first kappa shape index (κ1) is 10.6. The van der Waals surface area contributed by atoms with E-state index in [1.165, 1.54) is 12.8 Å². The van der Waals surface area contributed by atoms with Gasteiger partial charge in [0.05, 0.1) is 5.52 Å². The third-order valence-electron chi connectivity index (χ3n) is 3.41.